The number of aromatic nitrogens is 2. The fourth-order valence-electron chi connectivity index (χ4n) is 3.52. The highest BCUT2D eigenvalue weighted by atomic mass is 19.4. The molecular formula is C20H24F3N5O2. The SMILES string of the molecule is FC(F)(F)c1ccc(CO[C@@H]2CNC[C@H]2Nc2nccc(N3CCOCC3)n2)cc1. The molecule has 2 fully saturated rings. The summed E-state index contributed by atoms with van der Waals surface area (Å²) in [6.45, 7) is 4.50. The van der Waals surface area contributed by atoms with E-state index in [-0.39, 0.29) is 18.8 Å². The molecule has 10 heteroatoms. The van der Waals surface area contributed by atoms with Crippen LogP contribution in [-0.4, -0.2) is 61.5 Å². The Morgan fingerprint density at radius 2 is 1.90 bits per heavy atom. The van der Waals surface area contributed by atoms with Gasteiger partial charge in [0, 0.05) is 32.4 Å². The number of alkyl halides is 3. The van der Waals surface area contributed by atoms with E-state index >= 15 is 0 Å². The molecule has 0 spiro atoms. The maximum atomic E-state index is 12.7. The van der Waals surface area contributed by atoms with Gasteiger partial charge in [-0.2, -0.15) is 18.2 Å². The molecule has 2 aliphatic heterocycles. The first-order valence-corrected chi connectivity index (χ1v) is 9.90. The zero-order chi connectivity index (χ0) is 21.0. The highest BCUT2D eigenvalue weighted by Crippen LogP contribution is 2.29. The van der Waals surface area contributed by atoms with Crippen molar-refractivity contribution in [1.29, 1.82) is 0 Å². The number of nitrogens with one attached hydrogen (secondary N) is 2. The molecule has 1 aromatic carbocycles. The van der Waals surface area contributed by atoms with Gasteiger partial charge in [0.05, 0.1) is 37.5 Å². The normalized spacial score (nSPS) is 22.3. The van der Waals surface area contributed by atoms with Crippen LogP contribution in [-0.2, 0) is 22.3 Å². The Hall–Kier alpha value is -2.43. The number of ether oxygens (including phenoxy) is 2. The number of hydrogen-bond donors (Lipinski definition) is 2. The maximum absolute atomic E-state index is 12.7. The number of anilines is 2. The van der Waals surface area contributed by atoms with Crippen molar-refractivity contribution >= 4 is 11.8 Å². The Morgan fingerprint density at radius 3 is 2.63 bits per heavy atom. The van der Waals surface area contributed by atoms with Crippen molar-refractivity contribution in [2.75, 3.05) is 49.6 Å². The minimum atomic E-state index is -4.33. The van der Waals surface area contributed by atoms with Gasteiger partial charge in [-0.3, -0.25) is 0 Å². The Labute approximate surface area is 172 Å². The number of morpholine rings is 1. The average Bonchev–Trinajstić information content (AvgIpc) is 3.19. The number of halogens is 3. The lowest BCUT2D eigenvalue weighted by molar-refractivity contribution is -0.137. The maximum Gasteiger partial charge on any atom is 0.416 e. The number of rotatable bonds is 6. The summed E-state index contributed by atoms with van der Waals surface area (Å²) in [5, 5.41) is 6.59. The summed E-state index contributed by atoms with van der Waals surface area (Å²) in [4.78, 5) is 11.1. The second-order valence-electron chi connectivity index (χ2n) is 7.29. The predicted octanol–water partition coefficient (Wildman–Crippen LogP) is 2.30. The largest absolute Gasteiger partial charge is 0.416 e. The third-order valence-corrected chi connectivity index (χ3v) is 5.19. The molecule has 0 radical (unpaired) electrons. The van der Waals surface area contributed by atoms with Crippen LogP contribution in [0.5, 0.6) is 0 Å². The molecule has 30 heavy (non-hydrogen) atoms. The lowest BCUT2D eigenvalue weighted by Crippen LogP contribution is -2.37. The smallest absolute Gasteiger partial charge is 0.378 e. The first-order valence-electron chi connectivity index (χ1n) is 9.90. The van der Waals surface area contributed by atoms with Crippen LogP contribution in [0.4, 0.5) is 24.9 Å². The van der Waals surface area contributed by atoms with Gasteiger partial charge in [-0.25, -0.2) is 4.98 Å². The van der Waals surface area contributed by atoms with Crippen LogP contribution in [0.15, 0.2) is 36.5 Å². The summed E-state index contributed by atoms with van der Waals surface area (Å²) >= 11 is 0. The van der Waals surface area contributed by atoms with Gasteiger partial charge in [0.25, 0.3) is 0 Å². The van der Waals surface area contributed by atoms with E-state index in [1.807, 2.05) is 6.07 Å². The molecule has 2 N–H and O–H groups in total. The molecule has 7 nitrogen and oxygen atoms in total. The van der Waals surface area contributed by atoms with Gasteiger partial charge in [0.1, 0.15) is 5.82 Å². The van der Waals surface area contributed by atoms with Crippen molar-refractivity contribution in [3.63, 3.8) is 0 Å². The third kappa shape index (κ3) is 5.18. The van der Waals surface area contributed by atoms with Crippen molar-refractivity contribution in [3.05, 3.63) is 47.7 Å². The van der Waals surface area contributed by atoms with Crippen molar-refractivity contribution in [2.24, 2.45) is 0 Å². The van der Waals surface area contributed by atoms with Crippen molar-refractivity contribution in [1.82, 2.24) is 15.3 Å². The standard InChI is InChI=1S/C20H24F3N5O2/c21-20(22,23)15-3-1-14(2-4-15)13-30-17-12-24-11-16(17)26-19-25-6-5-18(27-19)28-7-9-29-10-8-28/h1-6,16-17,24H,7-13H2,(H,25,26,27)/t16-,17-/m1/s1. The van der Waals surface area contributed by atoms with E-state index in [1.165, 1.54) is 12.1 Å². The summed E-state index contributed by atoms with van der Waals surface area (Å²) in [7, 11) is 0. The Bertz CT molecular complexity index is 828. The topological polar surface area (TPSA) is 71.5 Å². The lowest BCUT2D eigenvalue weighted by atomic mass is 10.1. The Balaban J connectivity index is 1.34. The van der Waals surface area contributed by atoms with E-state index in [2.05, 4.69) is 25.5 Å². The van der Waals surface area contributed by atoms with E-state index in [0.717, 1.165) is 31.0 Å². The van der Waals surface area contributed by atoms with Crippen LogP contribution in [0.3, 0.4) is 0 Å². The molecule has 0 aliphatic carbocycles. The first kappa shape index (κ1) is 20.8. The van der Waals surface area contributed by atoms with Crippen molar-refractivity contribution in [3.8, 4) is 0 Å². The molecule has 0 bridgehead atoms. The highest BCUT2D eigenvalue weighted by Gasteiger charge is 2.31. The minimum absolute atomic E-state index is 0.0422. The summed E-state index contributed by atoms with van der Waals surface area (Å²) in [6.07, 6.45) is -2.76. The molecule has 3 heterocycles. The van der Waals surface area contributed by atoms with Gasteiger partial charge < -0.3 is 25.0 Å². The second-order valence-corrected chi connectivity index (χ2v) is 7.29. The summed E-state index contributed by atoms with van der Waals surface area (Å²) in [6, 6.07) is 6.88. The third-order valence-electron chi connectivity index (χ3n) is 5.19. The van der Waals surface area contributed by atoms with Crippen molar-refractivity contribution < 1.29 is 22.6 Å². The van der Waals surface area contributed by atoms with Crippen LogP contribution in [0.25, 0.3) is 0 Å². The molecule has 2 aliphatic rings. The first-order chi connectivity index (χ1) is 14.5. The monoisotopic (exact) mass is 423 g/mol. The molecule has 0 amide bonds. The zero-order valence-electron chi connectivity index (χ0n) is 16.4. The summed E-state index contributed by atoms with van der Waals surface area (Å²) < 4.78 is 49.4. The minimum Gasteiger partial charge on any atom is -0.378 e. The van der Waals surface area contributed by atoms with Crippen LogP contribution in [0.1, 0.15) is 11.1 Å². The van der Waals surface area contributed by atoms with Gasteiger partial charge in [-0.05, 0) is 23.8 Å². The highest BCUT2D eigenvalue weighted by molar-refractivity contribution is 5.43. The molecule has 2 atom stereocenters. The van der Waals surface area contributed by atoms with Gasteiger partial charge in [-0.1, -0.05) is 12.1 Å². The predicted molar refractivity (Wildman–Crippen MR) is 105 cm³/mol. The van der Waals surface area contributed by atoms with Gasteiger partial charge >= 0.3 is 6.18 Å². The van der Waals surface area contributed by atoms with E-state index < -0.39 is 11.7 Å². The molecule has 4 rings (SSSR count). The van der Waals surface area contributed by atoms with Gasteiger partial charge in [-0.15, -0.1) is 0 Å². The van der Waals surface area contributed by atoms with E-state index in [9.17, 15) is 13.2 Å². The molecule has 2 aromatic rings. The second kappa shape index (κ2) is 9.15. The summed E-state index contributed by atoms with van der Waals surface area (Å²) in [5.74, 6) is 1.37. The molecule has 2 saturated heterocycles. The molecule has 162 valence electrons. The number of benzene rings is 1. The zero-order valence-corrected chi connectivity index (χ0v) is 16.4. The Kier molecular flexibility index (Phi) is 6.35. The molecule has 1 aromatic heterocycles. The van der Waals surface area contributed by atoms with E-state index in [0.29, 0.717) is 37.8 Å². The fraction of sp³-hybridized carbons (Fsp3) is 0.500. The quantitative estimate of drug-likeness (QED) is 0.739. The summed E-state index contributed by atoms with van der Waals surface area (Å²) in [5.41, 5.74) is 0.0323. The fourth-order valence-corrected chi connectivity index (χ4v) is 3.52. The Morgan fingerprint density at radius 1 is 1.13 bits per heavy atom. The van der Waals surface area contributed by atoms with Crippen LogP contribution in [0, 0.1) is 0 Å². The van der Waals surface area contributed by atoms with Gasteiger partial charge in [0.2, 0.25) is 5.95 Å². The average molecular weight is 423 g/mol. The van der Waals surface area contributed by atoms with Crippen LogP contribution >= 0.6 is 0 Å². The molecule has 0 unspecified atom stereocenters. The molecular weight excluding hydrogens is 399 g/mol. The van der Waals surface area contributed by atoms with Crippen molar-refractivity contribution in [2.45, 2.75) is 24.9 Å². The van der Waals surface area contributed by atoms with Gasteiger partial charge in [0.15, 0.2) is 0 Å². The number of nitrogens with zero attached hydrogens (tertiary/aromatic N) is 3. The van der Waals surface area contributed by atoms with Crippen LogP contribution < -0.4 is 15.5 Å². The van der Waals surface area contributed by atoms with E-state index in [1.54, 1.807) is 6.20 Å². The number of hydrogen-bond acceptors (Lipinski definition) is 7. The van der Waals surface area contributed by atoms with Crippen LogP contribution in [0.2, 0.25) is 0 Å². The van der Waals surface area contributed by atoms with E-state index in [4.69, 9.17) is 9.47 Å². The lowest BCUT2D eigenvalue weighted by Gasteiger charge is -2.28. The molecule has 0 saturated carbocycles.